The molecule has 24 heavy (non-hydrogen) atoms. The van der Waals surface area contributed by atoms with Gasteiger partial charge in [-0.3, -0.25) is 14.2 Å². The average Bonchev–Trinajstić information content (AvgIpc) is 3.07. The molecule has 8 nitrogen and oxygen atoms in total. The first-order valence-electron chi connectivity index (χ1n) is 7.18. The number of benzene rings is 2. The maximum atomic E-state index is 12.4. The summed E-state index contributed by atoms with van der Waals surface area (Å²) in [5.74, 6) is -0.371. The molecule has 2 heterocycles. The fourth-order valence-electron chi connectivity index (χ4n) is 2.47. The molecular formula is C16H11N5O3. The van der Waals surface area contributed by atoms with Crippen LogP contribution in [0.3, 0.4) is 0 Å². The van der Waals surface area contributed by atoms with E-state index in [2.05, 4.69) is 25.2 Å². The van der Waals surface area contributed by atoms with Crippen molar-refractivity contribution in [1.29, 1.82) is 0 Å². The predicted octanol–water partition coefficient (Wildman–Crippen LogP) is 1.57. The van der Waals surface area contributed by atoms with Crippen molar-refractivity contribution in [3.8, 4) is 0 Å². The summed E-state index contributed by atoms with van der Waals surface area (Å²) in [5.41, 5.74) is 1.79. The SMILES string of the molecule is O=C(Cn1cnc2ccccc2c1=O)Nc1cccc2nonc12. The van der Waals surface area contributed by atoms with Crippen LogP contribution < -0.4 is 10.9 Å². The van der Waals surface area contributed by atoms with Gasteiger partial charge in [-0.1, -0.05) is 18.2 Å². The zero-order valence-electron chi connectivity index (χ0n) is 12.3. The van der Waals surface area contributed by atoms with E-state index in [-0.39, 0.29) is 18.0 Å². The van der Waals surface area contributed by atoms with Crippen LogP contribution in [0.5, 0.6) is 0 Å². The van der Waals surface area contributed by atoms with Gasteiger partial charge in [0, 0.05) is 0 Å². The summed E-state index contributed by atoms with van der Waals surface area (Å²) in [5, 5.41) is 10.6. The topological polar surface area (TPSA) is 103 Å². The molecule has 0 bridgehead atoms. The number of para-hydroxylation sites is 1. The molecule has 0 atom stereocenters. The normalized spacial score (nSPS) is 11.0. The third-order valence-electron chi connectivity index (χ3n) is 3.61. The molecule has 0 saturated heterocycles. The Bertz CT molecular complexity index is 1120. The summed E-state index contributed by atoms with van der Waals surface area (Å²) in [7, 11) is 0. The quantitative estimate of drug-likeness (QED) is 0.614. The highest BCUT2D eigenvalue weighted by Crippen LogP contribution is 2.19. The van der Waals surface area contributed by atoms with E-state index in [1.54, 1.807) is 42.5 Å². The molecule has 1 N–H and O–H groups in total. The number of nitrogens with one attached hydrogen (secondary N) is 1. The molecule has 4 aromatic rings. The lowest BCUT2D eigenvalue weighted by Crippen LogP contribution is -2.27. The minimum atomic E-state index is -0.371. The molecular weight excluding hydrogens is 310 g/mol. The highest BCUT2D eigenvalue weighted by Gasteiger charge is 2.11. The fraction of sp³-hybridized carbons (Fsp3) is 0.0625. The minimum Gasteiger partial charge on any atom is -0.322 e. The second-order valence-corrected chi connectivity index (χ2v) is 5.18. The Morgan fingerprint density at radius 2 is 1.92 bits per heavy atom. The summed E-state index contributed by atoms with van der Waals surface area (Å²) in [6, 6.07) is 12.1. The van der Waals surface area contributed by atoms with Crippen LogP contribution in [0.1, 0.15) is 0 Å². The zero-order valence-corrected chi connectivity index (χ0v) is 12.3. The first-order chi connectivity index (χ1) is 11.7. The van der Waals surface area contributed by atoms with Gasteiger partial charge >= 0.3 is 0 Å². The van der Waals surface area contributed by atoms with E-state index < -0.39 is 0 Å². The van der Waals surface area contributed by atoms with Crippen LogP contribution in [0.4, 0.5) is 5.69 Å². The van der Waals surface area contributed by atoms with Crippen molar-refractivity contribution in [3.63, 3.8) is 0 Å². The van der Waals surface area contributed by atoms with Crippen molar-refractivity contribution in [3.05, 3.63) is 59.1 Å². The van der Waals surface area contributed by atoms with Crippen LogP contribution in [0.25, 0.3) is 21.9 Å². The van der Waals surface area contributed by atoms with Crippen LogP contribution in [0, 0.1) is 0 Å². The molecule has 0 radical (unpaired) electrons. The van der Waals surface area contributed by atoms with E-state index in [1.165, 1.54) is 10.9 Å². The Hall–Kier alpha value is -3.55. The van der Waals surface area contributed by atoms with Crippen molar-refractivity contribution in [2.24, 2.45) is 0 Å². The number of carbonyl (C=O) groups excluding carboxylic acids is 1. The fourth-order valence-corrected chi connectivity index (χ4v) is 2.47. The van der Waals surface area contributed by atoms with Crippen molar-refractivity contribution < 1.29 is 9.42 Å². The molecule has 4 rings (SSSR count). The number of hydrogen-bond donors (Lipinski definition) is 1. The lowest BCUT2D eigenvalue weighted by molar-refractivity contribution is -0.116. The highest BCUT2D eigenvalue weighted by atomic mass is 16.6. The van der Waals surface area contributed by atoms with Gasteiger partial charge < -0.3 is 5.32 Å². The molecule has 0 aliphatic heterocycles. The van der Waals surface area contributed by atoms with Gasteiger partial charge in [-0.05, 0) is 34.6 Å². The molecule has 0 aliphatic rings. The Balaban J connectivity index is 1.62. The van der Waals surface area contributed by atoms with Gasteiger partial charge in [-0.15, -0.1) is 0 Å². The monoisotopic (exact) mass is 321 g/mol. The number of rotatable bonds is 3. The second kappa shape index (κ2) is 5.58. The molecule has 0 unspecified atom stereocenters. The molecule has 0 aliphatic carbocycles. The molecule has 0 spiro atoms. The summed E-state index contributed by atoms with van der Waals surface area (Å²) in [4.78, 5) is 28.8. The maximum absolute atomic E-state index is 12.4. The van der Waals surface area contributed by atoms with Crippen LogP contribution in [0.2, 0.25) is 0 Å². The average molecular weight is 321 g/mol. The van der Waals surface area contributed by atoms with Gasteiger partial charge in [0.15, 0.2) is 5.52 Å². The number of amides is 1. The summed E-state index contributed by atoms with van der Waals surface area (Å²) < 4.78 is 5.92. The van der Waals surface area contributed by atoms with Gasteiger partial charge in [0.05, 0.1) is 22.9 Å². The number of aromatic nitrogens is 4. The van der Waals surface area contributed by atoms with E-state index in [0.717, 1.165) is 0 Å². The van der Waals surface area contributed by atoms with E-state index in [1.807, 2.05) is 0 Å². The van der Waals surface area contributed by atoms with Gasteiger partial charge in [0.1, 0.15) is 12.1 Å². The Kier molecular flexibility index (Phi) is 3.27. The van der Waals surface area contributed by atoms with Gasteiger partial charge in [-0.2, -0.15) is 0 Å². The molecule has 2 aromatic carbocycles. The van der Waals surface area contributed by atoms with Gasteiger partial charge in [0.2, 0.25) is 5.91 Å². The van der Waals surface area contributed by atoms with E-state index in [4.69, 9.17) is 0 Å². The first kappa shape index (κ1) is 14.1. The second-order valence-electron chi connectivity index (χ2n) is 5.18. The van der Waals surface area contributed by atoms with Crippen LogP contribution in [-0.4, -0.2) is 25.8 Å². The summed E-state index contributed by atoms with van der Waals surface area (Å²) in [6.07, 6.45) is 1.36. The van der Waals surface area contributed by atoms with Crippen molar-refractivity contribution >= 4 is 33.5 Å². The number of fused-ring (bicyclic) bond motifs is 2. The van der Waals surface area contributed by atoms with Gasteiger partial charge in [0.25, 0.3) is 5.56 Å². The third kappa shape index (κ3) is 2.39. The lowest BCUT2D eigenvalue weighted by atomic mass is 10.2. The standard InChI is InChI=1S/C16H11N5O3/c22-14(18-12-6-3-7-13-15(12)20-24-19-13)8-21-9-17-11-5-2-1-4-10(11)16(21)23/h1-7,9H,8H2,(H,18,22). The molecule has 0 saturated carbocycles. The van der Waals surface area contributed by atoms with Crippen LogP contribution in [-0.2, 0) is 11.3 Å². The van der Waals surface area contributed by atoms with E-state index in [9.17, 15) is 9.59 Å². The smallest absolute Gasteiger partial charge is 0.261 e. The Morgan fingerprint density at radius 1 is 1.08 bits per heavy atom. The lowest BCUT2D eigenvalue weighted by Gasteiger charge is -2.08. The molecule has 2 aromatic heterocycles. The van der Waals surface area contributed by atoms with Crippen LogP contribution in [0.15, 0.2) is 58.2 Å². The van der Waals surface area contributed by atoms with Gasteiger partial charge in [-0.25, -0.2) is 9.61 Å². The number of nitrogens with zero attached hydrogens (tertiary/aromatic N) is 4. The van der Waals surface area contributed by atoms with Crippen molar-refractivity contribution in [2.75, 3.05) is 5.32 Å². The predicted molar refractivity (Wildman–Crippen MR) is 86.4 cm³/mol. The molecule has 118 valence electrons. The number of hydrogen-bond acceptors (Lipinski definition) is 6. The number of carbonyl (C=O) groups is 1. The minimum absolute atomic E-state index is 0.154. The van der Waals surface area contributed by atoms with Crippen molar-refractivity contribution in [2.45, 2.75) is 6.54 Å². The third-order valence-corrected chi connectivity index (χ3v) is 3.61. The van der Waals surface area contributed by atoms with Crippen molar-refractivity contribution in [1.82, 2.24) is 19.9 Å². The number of anilines is 1. The maximum Gasteiger partial charge on any atom is 0.261 e. The Morgan fingerprint density at radius 3 is 2.83 bits per heavy atom. The zero-order chi connectivity index (χ0) is 16.5. The van der Waals surface area contributed by atoms with E-state index >= 15 is 0 Å². The largest absolute Gasteiger partial charge is 0.322 e. The Labute approximate surface area is 134 Å². The van der Waals surface area contributed by atoms with Crippen LogP contribution >= 0.6 is 0 Å². The first-order valence-corrected chi connectivity index (χ1v) is 7.18. The molecule has 8 heteroatoms. The summed E-state index contributed by atoms with van der Waals surface area (Å²) >= 11 is 0. The highest BCUT2D eigenvalue weighted by molar-refractivity contribution is 5.98. The summed E-state index contributed by atoms with van der Waals surface area (Å²) in [6.45, 7) is -0.154. The molecule has 1 amide bonds. The van der Waals surface area contributed by atoms with E-state index in [0.29, 0.717) is 27.6 Å². The molecule has 0 fully saturated rings.